The maximum absolute atomic E-state index is 12.7. The fourth-order valence-corrected chi connectivity index (χ4v) is 4.71. The second kappa shape index (κ2) is 8.41. The quantitative estimate of drug-likeness (QED) is 0.562. The molecule has 0 saturated carbocycles. The van der Waals surface area contributed by atoms with E-state index in [2.05, 4.69) is 22.4 Å². The van der Waals surface area contributed by atoms with Crippen LogP contribution in [0.15, 0.2) is 65.8 Å². The van der Waals surface area contributed by atoms with Gasteiger partial charge in [0.2, 0.25) is 0 Å². The molecule has 0 bridgehead atoms. The highest BCUT2D eigenvalue weighted by atomic mass is 35.5. The number of nitrogens with one attached hydrogen (secondary N) is 1. The van der Waals surface area contributed by atoms with Crippen LogP contribution in [0.5, 0.6) is 11.5 Å². The summed E-state index contributed by atoms with van der Waals surface area (Å²) in [6, 6.07) is 14.7. The maximum Gasteiger partial charge on any atom is 0.283 e. The summed E-state index contributed by atoms with van der Waals surface area (Å²) in [6.45, 7) is 1.50. The van der Waals surface area contributed by atoms with Crippen molar-refractivity contribution in [1.82, 2.24) is 4.98 Å². The third-order valence-corrected chi connectivity index (χ3v) is 6.52. The summed E-state index contributed by atoms with van der Waals surface area (Å²) in [5.41, 5.74) is 9.67. The first kappa shape index (κ1) is 21.6. The van der Waals surface area contributed by atoms with E-state index in [0.29, 0.717) is 28.8 Å². The topological polar surface area (TPSA) is 108 Å². The van der Waals surface area contributed by atoms with Gasteiger partial charge in [0.25, 0.3) is 11.9 Å². The number of pyridine rings is 1. The molecule has 4 heterocycles. The molecule has 1 aromatic heterocycles. The van der Waals surface area contributed by atoms with Crippen LogP contribution >= 0.6 is 11.6 Å². The first-order valence-electron chi connectivity index (χ1n) is 11.2. The Morgan fingerprint density at radius 2 is 1.91 bits per heavy atom. The second-order valence-electron chi connectivity index (χ2n) is 8.51. The first-order valence-corrected chi connectivity index (χ1v) is 11.5. The number of amidine groups is 1. The Hall–Kier alpha value is -3.88. The van der Waals surface area contributed by atoms with Crippen LogP contribution in [0.2, 0.25) is 5.02 Å². The normalized spacial score (nSPS) is 20.1. The van der Waals surface area contributed by atoms with Gasteiger partial charge in [-0.05, 0) is 60.0 Å². The summed E-state index contributed by atoms with van der Waals surface area (Å²) >= 11 is 5.89. The van der Waals surface area contributed by atoms with Gasteiger partial charge in [-0.25, -0.2) is 9.98 Å². The average Bonchev–Trinajstić information content (AvgIpc) is 3.27. The number of carbonyl (C=O) groups is 1. The number of carbonyl (C=O) groups excluding carboxylic acids is 1. The standard InChI is InChI=1S/C26H21ClN4O4/c27-17-4-6-21(29-12-17)24(32)30-18-5-8-23-20(11-18)26(14-34-25(28)31-26)19-10-15(3-7-22(19)35-23)16-2-1-9-33-13-16/h2-8,10-12H,1,9,13-14H2,(H2,28,31)(H,30,32). The number of nitrogens with zero attached hydrogens (tertiary/aromatic N) is 2. The number of nitrogens with two attached hydrogens (primary N) is 1. The molecule has 3 aliphatic heterocycles. The summed E-state index contributed by atoms with van der Waals surface area (Å²) in [7, 11) is 0. The molecule has 9 heteroatoms. The van der Waals surface area contributed by atoms with E-state index in [-0.39, 0.29) is 24.2 Å². The van der Waals surface area contributed by atoms with Crippen LogP contribution in [0.4, 0.5) is 5.69 Å². The number of amides is 1. The van der Waals surface area contributed by atoms with E-state index in [1.165, 1.54) is 6.20 Å². The number of halogens is 1. The third-order valence-electron chi connectivity index (χ3n) is 6.30. The van der Waals surface area contributed by atoms with Gasteiger partial charge in [0.1, 0.15) is 23.8 Å². The van der Waals surface area contributed by atoms with Crippen molar-refractivity contribution in [1.29, 1.82) is 0 Å². The molecule has 8 nitrogen and oxygen atoms in total. The number of ether oxygens (including phenoxy) is 3. The third kappa shape index (κ3) is 3.80. The van der Waals surface area contributed by atoms with Gasteiger partial charge in [0.05, 0.1) is 18.2 Å². The Balaban J connectivity index is 1.41. The summed E-state index contributed by atoms with van der Waals surface area (Å²) in [4.78, 5) is 21.6. The molecule has 0 radical (unpaired) electrons. The minimum atomic E-state index is -0.904. The van der Waals surface area contributed by atoms with Crippen molar-refractivity contribution in [3.63, 3.8) is 0 Å². The van der Waals surface area contributed by atoms with E-state index in [9.17, 15) is 4.79 Å². The van der Waals surface area contributed by atoms with Crippen molar-refractivity contribution < 1.29 is 19.0 Å². The summed E-state index contributed by atoms with van der Waals surface area (Å²) in [6.07, 6.45) is 4.49. The molecule has 6 rings (SSSR count). The highest BCUT2D eigenvalue weighted by Gasteiger charge is 2.47. The lowest BCUT2D eigenvalue weighted by atomic mass is 9.80. The van der Waals surface area contributed by atoms with E-state index in [4.69, 9.17) is 36.5 Å². The molecule has 1 unspecified atom stereocenters. The summed E-state index contributed by atoms with van der Waals surface area (Å²) in [5, 5.41) is 3.34. The Morgan fingerprint density at radius 1 is 1.09 bits per heavy atom. The SMILES string of the molecule is NC1=NC2(CO1)c1cc(NC(=O)c3ccc(Cl)cn3)ccc1Oc1ccc(C3=CCCOC3)cc12. The van der Waals surface area contributed by atoms with Gasteiger partial charge in [0, 0.05) is 23.0 Å². The molecule has 0 saturated heterocycles. The number of benzene rings is 2. The molecule has 3 aliphatic rings. The lowest BCUT2D eigenvalue weighted by Crippen LogP contribution is -2.31. The van der Waals surface area contributed by atoms with E-state index in [0.717, 1.165) is 35.3 Å². The van der Waals surface area contributed by atoms with Crippen molar-refractivity contribution in [2.45, 2.75) is 12.0 Å². The van der Waals surface area contributed by atoms with Crippen LogP contribution < -0.4 is 15.8 Å². The zero-order valence-corrected chi connectivity index (χ0v) is 19.3. The molecular formula is C26H21ClN4O4. The van der Waals surface area contributed by atoms with Crippen LogP contribution in [-0.2, 0) is 15.0 Å². The van der Waals surface area contributed by atoms with Crippen LogP contribution in [0.25, 0.3) is 5.57 Å². The fourth-order valence-electron chi connectivity index (χ4n) is 4.60. The molecule has 3 N–H and O–H groups in total. The molecule has 3 aromatic rings. The maximum atomic E-state index is 12.7. The van der Waals surface area contributed by atoms with Gasteiger partial charge in [0.15, 0.2) is 5.54 Å². The number of rotatable bonds is 3. The van der Waals surface area contributed by atoms with E-state index in [1.54, 1.807) is 24.3 Å². The molecule has 0 fully saturated rings. The summed E-state index contributed by atoms with van der Waals surface area (Å²) in [5.74, 6) is 0.947. The predicted molar refractivity (Wildman–Crippen MR) is 132 cm³/mol. The zero-order valence-electron chi connectivity index (χ0n) is 18.6. The van der Waals surface area contributed by atoms with Gasteiger partial charge in [-0.15, -0.1) is 0 Å². The van der Waals surface area contributed by atoms with Crippen molar-refractivity contribution in [3.05, 3.63) is 88.2 Å². The van der Waals surface area contributed by atoms with Crippen molar-refractivity contribution in [2.75, 3.05) is 25.1 Å². The summed E-state index contributed by atoms with van der Waals surface area (Å²) < 4.78 is 17.6. The highest BCUT2D eigenvalue weighted by molar-refractivity contribution is 6.30. The first-order chi connectivity index (χ1) is 17.0. The van der Waals surface area contributed by atoms with Crippen LogP contribution in [0.1, 0.15) is 33.6 Å². The molecule has 0 aliphatic carbocycles. The number of fused-ring (bicyclic) bond motifs is 4. The predicted octanol–water partition coefficient (Wildman–Crippen LogP) is 4.49. The van der Waals surface area contributed by atoms with Crippen molar-refractivity contribution in [2.24, 2.45) is 10.7 Å². The molecule has 2 aromatic carbocycles. The monoisotopic (exact) mass is 488 g/mol. The van der Waals surface area contributed by atoms with Gasteiger partial charge >= 0.3 is 0 Å². The lowest BCUT2D eigenvalue weighted by Gasteiger charge is -2.34. The van der Waals surface area contributed by atoms with Gasteiger partial charge in [-0.3, -0.25) is 4.79 Å². The number of aromatic nitrogens is 1. The molecule has 1 amide bonds. The Morgan fingerprint density at radius 3 is 2.63 bits per heavy atom. The van der Waals surface area contributed by atoms with E-state index < -0.39 is 5.54 Å². The largest absolute Gasteiger partial charge is 0.462 e. The van der Waals surface area contributed by atoms with E-state index >= 15 is 0 Å². The number of aliphatic imine (C=N–C) groups is 1. The Labute approximate surface area is 206 Å². The fraction of sp³-hybridized carbons (Fsp3) is 0.192. The van der Waals surface area contributed by atoms with Gasteiger partial charge in [-0.2, -0.15) is 0 Å². The second-order valence-corrected chi connectivity index (χ2v) is 8.95. The van der Waals surface area contributed by atoms with Crippen molar-refractivity contribution in [3.8, 4) is 11.5 Å². The minimum Gasteiger partial charge on any atom is -0.462 e. The molecule has 1 atom stereocenters. The number of anilines is 1. The average molecular weight is 489 g/mol. The van der Waals surface area contributed by atoms with Crippen molar-refractivity contribution >= 4 is 34.8 Å². The lowest BCUT2D eigenvalue weighted by molar-refractivity contribution is 0.102. The molecule has 176 valence electrons. The number of hydrogen-bond acceptors (Lipinski definition) is 7. The molecular weight excluding hydrogens is 468 g/mol. The van der Waals surface area contributed by atoms with Crippen LogP contribution in [0.3, 0.4) is 0 Å². The van der Waals surface area contributed by atoms with Gasteiger partial charge in [-0.1, -0.05) is 23.7 Å². The van der Waals surface area contributed by atoms with Gasteiger partial charge < -0.3 is 25.3 Å². The highest BCUT2D eigenvalue weighted by Crippen LogP contribution is 2.52. The van der Waals surface area contributed by atoms with Crippen LogP contribution in [-0.4, -0.2) is 36.7 Å². The Bertz CT molecular complexity index is 1400. The number of hydrogen-bond donors (Lipinski definition) is 2. The zero-order chi connectivity index (χ0) is 24.0. The minimum absolute atomic E-state index is 0.106. The smallest absolute Gasteiger partial charge is 0.283 e. The molecule has 35 heavy (non-hydrogen) atoms. The van der Waals surface area contributed by atoms with Crippen LogP contribution in [0, 0.1) is 0 Å². The van der Waals surface area contributed by atoms with E-state index in [1.807, 2.05) is 18.2 Å². The Kier molecular flexibility index (Phi) is 5.20. The molecule has 1 spiro atoms.